The van der Waals surface area contributed by atoms with Crippen LogP contribution in [0.4, 0.5) is 0 Å². The molecular formula is C11H16ClN3O3S2. The van der Waals surface area contributed by atoms with E-state index in [1.165, 1.54) is 10.4 Å². The molecule has 1 aliphatic rings. The first kappa shape index (κ1) is 15.6. The van der Waals surface area contributed by atoms with Crippen molar-refractivity contribution in [3.63, 3.8) is 0 Å². The van der Waals surface area contributed by atoms with Crippen LogP contribution in [-0.4, -0.2) is 36.9 Å². The maximum absolute atomic E-state index is 12.4. The van der Waals surface area contributed by atoms with Crippen molar-refractivity contribution in [2.75, 3.05) is 13.1 Å². The Bertz CT molecular complexity index is 619. The first-order chi connectivity index (χ1) is 9.29. The summed E-state index contributed by atoms with van der Waals surface area (Å²) in [5, 5.41) is 11.8. The molecule has 0 bridgehead atoms. The first-order valence-electron chi connectivity index (χ1n) is 6.03. The average Bonchev–Trinajstić information content (AvgIpc) is 2.85. The third-order valence-corrected chi connectivity index (χ3v) is 7.29. The van der Waals surface area contributed by atoms with Gasteiger partial charge in [0.2, 0.25) is 0 Å². The molecule has 0 aromatic carbocycles. The summed E-state index contributed by atoms with van der Waals surface area (Å²) in [6.07, 6.45) is 1.03. The van der Waals surface area contributed by atoms with Crippen LogP contribution in [0.2, 0.25) is 4.34 Å². The van der Waals surface area contributed by atoms with E-state index < -0.39 is 15.4 Å². The lowest BCUT2D eigenvalue weighted by Crippen LogP contribution is -2.47. The molecule has 20 heavy (non-hydrogen) atoms. The third kappa shape index (κ3) is 2.78. The first-order valence-corrected chi connectivity index (χ1v) is 8.66. The molecule has 1 saturated heterocycles. The zero-order chi connectivity index (χ0) is 15.0. The van der Waals surface area contributed by atoms with Gasteiger partial charge in [0.25, 0.3) is 10.0 Å². The summed E-state index contributed by atoms with van der Waals surface area (Å²) >= 11 is 6.83. The van der Waals surface area contributed by atoms with E-state index in [0.717, 1.165) is 11.3 Å². The van der Waals surface area contributed by atoms with Crippen LogP contribution < -0.4 is 5.73 Å². The van der Waals surface area contributed by atoms with Gasteiger partial charge < -0.3 is 10.9 Å². The van der Waals surface area contributed by atoms with Gasteiger partial charge in [-0.3, -0.25) is 0 Å². The van der Waals surface area contributed by atoms with Crippen molar-refractivity contribution >= 4 is 38.8 Å². The standard InChI is InChI=1S/C11H16ClN3O3S2/c1-11(10(13)14-16)4-6-15(7-5-11)20(17,18)9-3-2-8(12)19-9/h2-3,16H,4-7H2,1H3,(H2,13,14). The quantitative estimate of drug-likeness (QED) is 0.381. The Morgan fingerprint density at radius 1 is 1.50 bits per heavy atom. The van der Waals surface area contributed by atoms with Gasteiger partial charge in [-0.25, -0.2) is 8.42 Å². The SMILES string of the molecule is CC1(/C(N)=N/O)CCN(S(=O)(=O)c2ccc(Cl)s2)CC1. The molecule has 0 spiro atoms. The molecule has 0 aliphatic carbocycles. The fourth-order valence-corrected chi connectivity index (χ4v) is 5.24. The normalized spacial score (nSPS) is 21.0. The highest BCUT2D eigenvalue weighted by Crippen LogP contribution is 2.35. The summed E-state index contributed by atoms with van der Waals surface area (Å²) in [7, 11) is -3.50. The van der Waals surface area contributed by atoms with Crippen molar-refractivity contribution in [2.45, 2.75) is 24.0 Å². The molecule has 112 valence electrons. The number of nitrogens with zero attached hydrogens (tertiary/aromatic N) is 2. The monoisotopic (exact) mass is 337 g/mol. The van der Waals surface area contributed by atoms with Crippen LogP contribution in [0.1, 0.15) is 19.8 Å². The van der Waals surface area contributed by atoms with E-state index >= 15 is 0 Å². The summed E-state index contributed by atoms with van der Waals surface area (Å²) in [6, 6.07) is 3.09. The van der Waals surface area contributed by atoms with Crippen LogP contribution in [-0.2, 0) is 10.0 Å². The second-order valence-electron chi connectivity index (χ2n) is 5.01. The van der Waals surface area contributed by atoms with E-state index in [4.69, 9.17) is 22.5 Å². The number of piperidine rings is 1. The maximum atomic E-state index is 12.4. The predicted molar refractivity (Wildman–Crippen MR) is 78.8 cm³/mol. The topological polar surface area (TPSA) is 96.0 Å². The van der Waals surface area contributed by atoms with Gasteiger partial charge >= 0.3 is 0 Å². The summed E-state index contributed by atoms with van der Waals surface area (Å²) < 4.78 is 26.9. The lowest BCUT2D eigenvalue weighted by Gasteiger charge is -2.37. The minimum atomic E-state index is -3.50. The number of rotatable bonds is 3. The summed E-state index contributed by atoms with van der Waals surface area (Å²) in [5.41, 5.74) is 5.20. The van der Waals surface area contributed by atoms with Crippen molar-refractivity contribution in [1.82, 2.24) is 4.31 Å². The number of amidine groups is 1. The van der Waals surface area contributed by atoms with Crippen molar-refractivity contribution in [2.24, 2.45) is 16.3 Å². The number of thiophene rings is 1. The molecule has 1 aromatic heterocycles. The number of sulfonamides is 1. The van der Waals surface area contributed by atoms with Crippen LogP contribution in [0.5, 0.6) is 0 Å². The minimum absolute atomic E-state index is 0.147. The van der Waals surface area contributed by atoms with E-state index in [0.29, 0.717) is 30.3 Å². The van der Waals surface area contributed by atoms with Crippen molar-refractivity contribution < 1.29 is 13.6 Å². The van der Waals surface area contributed by atoms with Crippen LogP contribution in [0.3, 0.4) is 0 Å². The molecule has 0 unspecified atom stereocenters. The highest BCUT2D eigenvalue weighted by molar-refractivity contribution is 7.91. The van der Waals surface area contributed by atoms with Gasteiger partial charge in [-0.2, -0.15) is 4.31 Å². The van der Waals surface area contributed by atoms with Crippen LogP contribution >= 0.6 is 22.9 Å². The molecule has 2 rings (SSSR count). The number of hydrogen-bond acceptors (Lipinski definition) is 5. The second kappa shape index (κ2) is 5.51. The molecule has 1 aliphatic heterocycles. The van der Waals surface area contributed by atoms with Gasteiger partial charge in [0.05, 0.1) is 4.34 Å². The third-order valence-electron chi connectivity index (χ3n) is 3.69. The van der Waals surface area contributed by atoms with Gasteiger partial charge in [-0.1, -0.05) is 23.7 Å². The maximum Gasteiger partial charge on any atom is 0.252 e. The number of nitrogens with two attached hydrogens (primary N) is 1. The smallest absolute Gasteiger partial charge is 0.252 e. The van der Waals surface area contributed by atoms with Crippen LogP contribution in [0, 0.1) is 5.41 Å². The highest BCUT2D eigenvalue weighted by atomic mass is 35.5. The van der Waals surface area contributed by atoms with Crippen molar-refractivity contribution in [3.8, 4) is 0 Å². The van der Waals surface area contributed by atoms with Crippen molar-refractivity contribution in [3.05, 3.63) is 16.5 Å². The fraction of sp³-hybridized carbons (Fsp3) is 0.545. The highest BCUT2D eigenvalue weighted by Gasteiger charge is 2.38. The Kier molecular flexibility index (Phi) is 4.29. The summed E-state index contributed by atoms with van der Waals surface area (Å²) in [6.45, 7) is 2.54. The lowest BCUT2D eigenvalue weighted by molar-refractivity contribution is 0.230. The molecular weight excluding hydrogens is 322 g/mol. The molecule has 0 saturated carbocycles. The molecule has 9 heteroatoms. The summed E-state index contributed by atoms with van der Waals surface area (Å²) in [4.78, 5) is 0. The van der Waals surface area contributed by atoms with Gasteiger partial charge in [0.15, 0.2) is 0 Å². The zero-order valence-electron chi connectivity index (χ0n) is 10.9. The Labute approximate surface area is 126 Å². The van der Waals surface area contributed by atoms with Gasteiger partial charge in [0.1, 0.15) is 10.0 Å². The Morgan fingerprint density at radius 2 is 2.10 bits per heavy atom. The van der Waals surface area contributed by atoms with Crippen molar-refractivity contribution in [1.29, 1.82) is 0 Å². The number of oxime groups is 1. The molecule has 0 atom stereocenters. The van der Waals surface area contributed by atoms with E-state index in [1.54, 1.807) is 6.07 Å². The largest absolute Gasteiger partial charge is 0.409 e. The van der Waals surface area contributed by atoms with Crippen LogP contribution in [0.15, 0.2) is 21.5 Å². The minimum Gasteiger partial charge on any atom is -0.409 e. The molecule has 1 fully saturated rings. The van der Waals surface area contributed by atoms with Gasteiger partial charge in [0, 0.05) is 18.5 Å². The summed E-state index contributed by atoms with van der Waals surface area (Å²) in [5.74, 6) is 0.147. The van der Waals surface area contributed by atoms with Gasteiger partial charge in [-0.05, 0) is 25.0 Å². The molecule has 0 radical (unpaired) electrons. The average molecular weight is 338 g/mol. The molecule has 1 aromatic rings. The predicted octanol–water partition coefficient (Wildman–Crippen LogP) is 1.94. The zero-order valence-corrected chi connectivity index (χ0v) is 13.3. The van der Waals surface area contributed by atoms with Gasteiger partial charge in [-0.15, -0.1) is 11.3 Å². The van der Waals surface area contributed by atoms with Crippen LogP contribution in [0.25, 0.3) is 0 Å². The fourth-order valence-electron chi connectivity index (χ4n) is 2.16. The van der Waals surface area contributed by atoms with E-state index in [2.05, 4.69) is 5.16 Å². The molecule has 0 amide bonds. The van der Waals surface area contributed by atoms with E-state index in [1.807, 2.05) is 6.92 Å². The van der Waals surface area contributed by atoms with E-state index in [9.17, 15) is 8.42 Å². The molecule has 3 N–H and O–H groups in total. The van der Waals surface area contributed by atoms with E-state index in [-0.39, 0.29) is 10.0 Å². The number of hydrogen-bond donors (Lipinski definition) is 2. The second-order valence-corrected chi connectivity index (χ2v) is 8.89. The Hall–Kier alpha value is -0.830. The Balaban J connectivity index is 2.15. The molecule has 6 nitrogen and oxygen atoms in total. The Morgan fingerprint density at radius 3 is 2.55 bits per heavy atom. The molecule has 2 heterocycles. The number of halogens is 1. The lowest BCUT2D eigenvalue weighted by atomic mass is 9.80.